The second-order valence-corrected chi connectivity index (χ2v) is 11.1. The van der Waals surface area contributed by atoms with E-state index in [0.717, 1.165) is 27.6 Å². The molecular formula is C33H32F3N7O2. The number of hydrogen-bond donors (Lipinski definition) is 2. The lowest BCUT2D eigenvalue weighted by Crippen LogP contribution is -2.38. The molecule has 6 rings (SSSR count). The molecular weight excluding hydrogens is 583 g/mol. The predicted octanol–water partition coefficient (Wildman–Crippen LogP) is 6.04. The fourth-order valence-electron chi connectivity index (χ4n) is 5.55. The summed E-state index contributed by atoms with van der Waals surface area (Å²) in [4.78, 5) is 25.6. The minimum Gasteiger partial charge on any atom is -0.378 e. The number of alkyl halides is 3. The lowest BCUT2D eigenvalue weighted by atomic mass is 10.00. The second-order valence-electron chi connectivity index (χ2n) is 11.1. The Bertz CT molecular complexity index is 1850. The molecule has 0 spiro atoms. The van der Waals surface area contributed by atoms with Crippen molar-refractivity contribution >= 4 is 39.7 Å². The molecule has 5 aromatic rings. The van der Waals surface area contributed by atoms with Crippen molar-refractivity contribution in [2.45, 2.75) is 38.2 Å². The fraction of sp³-hybridized carbons (Fsp3) is 0.273. The maximum absolute atomic E-state index is 13.2. The van der Waals surface area contributed by atoms with Crippen molar-refractivity contribution in [3.05, 3.63) is 102 Å². The average molecular weight is 616 g/mol. The predicted molar refractivity (Wildman–Crippen MR) is 166 cm³/mol. The third kappa shape index (κ3) is 6.97. The minimum atomic E-state index is -4.29. The molecule has 0 bridgehead atoms. The van der Waals surface area contributed by atoms with Crippen LogP contribution < -0.4 is 5.32 Å². The number of aliphatic hydroxyl groups excluding tert-OH is 1. The van der Waals surface area contributed by atoms with Crippen LogP contribution in [0.5, 0.6) is 0 Å². The topological polar surface area (TPSA) is 98.9 Å². The van der Waals surface area contributed by atoms with Gasteiger partial charge in [-0.1, -0.05) is 30.3 Å². The molecule has 0 saturated heterocycles. The highest BCUT2D eigenvalue weighted by Crippen LogP contribution is 2.29. The van der Waals surface area contributed by atoms with Gasteiger partial charge in [-0.05, 0) is 66.4 Å². The number of pyridine rings is 2. The van der Waals surface area contributed by atoms with Crippen LogP contribution in [0.4, 0.5) is 24.8 Å². The van der Waals surface area contributed by atoms with Crippen molar-refractivity contribution < 1.29 is 23.1 Å². The van der Waals surface area contributed by atoms with Gasteiger partial charge in [-0.2, -0.15) is 18.2 Å². The van der Waals surface area contributed by atoms with Crippen LogP contribution in [0.25, 0.3) is 22.1 Å². The van der Waals surface area contributed by atoms with Crippen LogP contribution in [0.3, 0.4) is 0 Å². The molecule has 9 nitrogen and oxygen atoms in total. The SMILES string of the molecule is CN(Cc1cccc2cccnc12)C(=O)c1ccc(Nc2nc3c(C4=CCN(C(O)CCC(F)(F)F)CC4)cccn3n2)cc1. The fourth-order valence-corrected chi connectivity index (χ4v) is 5.55. The summed E-state index contributed by atoms with van der Waals surface area (Å²) in [5, 5.41) is 19.0. The minimum absolute atomic E-state index is 0.114. The second kappa shape index (κ2) is 12.7. The molecule has 1 atom stereocenters. The highest BCUT2D eigenvalue weighted by molar-refractivity contribution is 5.94. The number of aromatic nitrogens is 4. The van der Waals surface area contributed by atoms with Crippen molar-refractivity contribution in [3.63, 3.8) is 0 Å². The van der Waals surface area contributed by atoms with E-state index in [9.17, 15) is 23.1 Å². The summed E-state index contributed by atoms with van der Waals surface area (Å²) in [6, 6.07) is 20.7. The number of carbonyl (C=O) groups is 1. The lowest BCUT2D eigenvalue weighted by Gasteiger charge is -2.31. The van der Waals surface area contributed by atoms with Crippen LogP contribution in [0.1, 0.15) is 40.7 Å². The molecule has 232 valence electrons. The largest absolute Gasteiger partial charge is 0.389 e. The quantitative estimate of drug-likeness (QED) is 0.209. The van der Waals surface area contributed by atoms with E-state index in [4.69, 9.17) is 0 Å². The molecule has 0 aliphatic carbocycles. The zero-order chi connectivity index (χ0) is 31.6. The maximum atomic E-state index is 13.2. The number of nitrogens with zero attached hydrogens (tertiary/aromatic N) is 6. The van der Waals surface area contributed by atoms with Gasteiger partial charge >= 0.3 is 6.18 Å². The number of para-hydroxylation sites is 1. The number of hydrogen-bond acceptors (Lipinski definition) is 7. The van der Waals surface area contributed by atoms with E-state index in [1.54, 1.807) is 58.0 Å². The maximum Gasteiger partial charge on any atom is 0.389 e. The third-order valence-corrected chi connectivity index (χ3v) is 7.91. The van der Waals surface area contributed by atoms with Gasteiger partial charge in [-0.25, -0.2) is 4.52 Å². The van der Waals surface area contributed by atoms with Crippen molar-refractivity contribution in [2.75, 3.05) is 25.5 Å². The number of rotatable bonds is 9. The Balaban J connectivity index is 1.11. The summed E-state index contributed by atoms with van der Waals surface area (Å²) in [5.41, 5.74) is 5.60. The van der Waals surface area contributed by atoms with Crippen molar-refractivity contribution in [2.24, 2.45) is 0 Å². The van der Waals surface area contributed by atoms with Crippen LogP contribution in [0.15, 0.2) is 85.2 Å². The standard InChI is InChI=1S/C33H32F3N7O2/c1-41(21-25-6-2-5-23-7-3-17-37-29(23)25)31(45)24-9-11-26(12-10-24)38-32-39-30-27(8-4-18-43(30)40-32)22-14-19-42(20-15-22)28(44)13-16-33(34,35)36/h2-12,14,17-18,28,44H,13,15-16,19-21H2,1H3,(H,38,40). The van der Waals surface area contributed by atoms with Crippen LogP contribution in [0, 0.1) is 0 Å². The number of amides is 1. The van der Waals surface area contributed by atoms with Gasteiger partial charge in [0.05, 0.1) is 5.52 Å². The van der Waals surface area contributed by atoms with Gasteiger partial charge in [-0.15, -0.1) is 5.10 Å². The van der Waals surface area contributed by atoms with Crippen molar-refractivity contribution in [1.29, 1.82) is 0 Å². The number of halogens is 3. The van der Waals surface area contributed by atoms with Crippen LogP contribution in [0.2, 0.25) is 0 Å². The first-order chi connectivity index (χ1) is 21.6. The van der Waals surface area contributed by atoms with Gasteiger partial charge in [0.1, 0.15) is 6.23 Å². The van der Waals surface area contributed by atoms with Crippen LogP contribution >= 0.6 is 0 Å². The average Bonchev–Trinajstić information content (AvgIpc) is 3.46. The van der Waals surface area contributed by atoms with E-state index in [-0.39, 0.29) is 12.3 Å². The molecule has 2 aromatic carbocycles. The smallest absolute Gasteiger partial charge is 0.378 e. The lowest BCUT2D eigenvalue weighted by molar-refractivity contribution is -0.146. The van der Waals surface area contributed by atoms with Gasteiger partial charge in [0, 0.05) is 67.7 Å². The molecule has 4 heterocycles. The van der Waals surface area contributed by atoms with E-state index < -0.39 is 18.8 Å². The zero-order valence-electron chi connectivity index (χ0n) is 24.6. The summed E-state index contributed by atoms with van der Waals surface area (Å²) in [5.74, 6) is 0.264. The molecule has 2 N–H and O–H groups in total. The molecule has 1 aliphatic heterocycles. The summed E-state index contributed by atoms with van der Waals surface area (Å²) >= 11 is 0. The highest BCUT2D eigenvalue weighted by Gasteiger charge is 2.30. The Morgan fingerprint density at radius 2 is 1.89 bits per heavy atom. The van der Waals surface area contributed by atoms with Crippen molar-refractivity contribution in [1.82, 2.24) is 29.4 Å². The Morgan fingerprint density at radius 3 is 2.64 bits per heavy atom. The van der Waals surface area contributed by atoms with E-state index in [2.05, 4.69) is 20.4 Å². The summed E-state index contributed by atoms with van der Waals surface area (Å²) < 4.78 is 39.3. The Morgan fingerprint density at radius 1 is 1.09 bits per heavy atom. The first kappa shape index (κ1) is 30.2. The van der Waals surface area contributed by atoms with E-state index >= 15 is 0 Å². The number of benzene rings is 2. The van der Waals surface area contributed by atoms with Crippen LogP contribution in [-0.4, -0.2) is 72.9 Å². The van der Waals surface area contributed by atoms with Gasteiger partial charge in [0.15, 0.2) is 5.65 Å². The Labute approximate surface area is 257 Å². The zero-order valence-corrected chi connectivity index (χ0v) is 24.6. The van der Waals surface area contributed by atoms with Gasteiger partial charge < -0.3 is 15.3 Å². The molecule has 45 heavy (non-hydrogen) atoms. The van der Waals surface area contributed by atoms with Gasteiger partial charge in [0.25, 0.3) is 5.91 Å². The van der Waals surface area contributed by atoms with E-state index in [0.29, 0.717) is 48.9 Å². The first-order valence-corrected chi connectivity index (χ1v) is 14.6. The van der Waals surface area contributed by atoms with Gasteiger partial charge in [0.2, 0.25) is 5.95 Å². The normalized spacial score (nSPS) is 14.8. The van der Waals surface area contributed by atoms with Crippen LogP contribution in [-0.2, 0) is 6.54 Å². The molecule has 1 unspecified atom stereocenters. The van der Waals surface area contributed by atoms with E-state index in [1.807, 2.05) is 48.5 Å². The molecule has 3 aromatic heterocycles. The van der Waals surface area contributed by atoms with Gasteiger partial charge in [-0.3, -0.25) is 14.7 Å². The monoisotopic (exact) mass is 615 g/mol. The number of fused-ring (bicyclic) bond motifs is 2. The third-order valence-electron chi connectivity index (χ3n) is 7.91. The summed E-state index contributed by atoms with van der Waals surface area (Å²) in [6.45, 7) is 1.20. The molecule has 1 aliphatic rings. The summed E-state index contributed by atoms with van der Waals surface area (Å²) in [7, 11) is 1.77. The highest BCUT2D eigenvalue weighted by atomic mass is 19.4. The van der Waals surface area contributed by atoms with E-state index in [1.165, 1.54) is 0 Å². The number of aliphatic hydroxyl groups is 1. The number of anilines is 2. The number of carbonyl (C=O) groups excluding carboxylic acids is 1. The molecule has 1 amide bonds. The Hall–Kier alpha value is -4.81. The number of nitrogens with one attached hydrogen (secondary N) is 1. The van der Waals surface area contributed by atoms with Crippen molar-refractivity contribution in [3.8, 4) is 0 Å². The first-order valence-electron chi connectivity index (χ1n) is 14.6. The molecule has 0 radical (unpaired) electrons. The molecule has 0 fully saturated rings. The Kier molecular flexibility index (Phi) is 8.50. The summed E-state index contributed by atoms with van der Waals surface area (Å²) in [6.07, 6.45) is -0.796. The molecule has 12 heteroatoms. The molecule has 0 saturated carbocycles.